The number of benzene rings is 1. The van der Waals surface area contributed by atoms with E-state index >= 15 is 0 Å². The standard InChI is InChI=1S/C19H25N3O3/c1-3-22-17-11-21(10-15(12-23-4-2)16(17)8-20-22)9-14-5-6-18-19(7-14)25-13-24-18/h5-8,15H,3-4,9-13H2,1-2H3. The van der Waals surface area contributed by atoms with Gasteiger partial charge in [0.05, 0.1) is 18.5 Å². The molecule has 0 saturated carbocycles. The normalized spacial score (nSPS) is 19.2. The minimum atomic E-state index is 0.317. The predicted octanol–water partition coefficient (Wildman–Crippen LogP) is 2.77. The molecule has 0 spiro atoms. The Hall–Kier alpha value is -2.05. The first kappa shape index (κ1) is 16.4. The summed E-state index contributed by atoms with van der Waals surface area (Å²) in [6.45, 7) is 9.68. The van der Waals surface area contributed by atoms with Crippen molar-refractivity contribution in [3.8, 4) is 11.5 Å². The van der Waals surface area contributed by atoms with Gasteiger partial charge in [0.2, 0.25) is 6.79 Å². The van der Waals surface area contributed by atoms with E-state index in [2.05, 4.69) is 33.7 Å². The maximum atomic E-state index is 5.73. The first-order valence-electron chi connectivity index (χ1n) is 9.01. The van der Waals surface area contributed by atoms with Gasteiger partial charge in [-0.25, -0.2) is 0 Å². The van der Waals surface area contributed by atoms with Crippen molar-refractivity contribution in [1.29, 1.82) is 0 Å². The Morgan fingerprint density at radius 1 is 1.24 bits per heavy atom. The van der Waals surface area contributed by atoms with Crippen LogP contribution in [0.25, 0.3) is 0 Å². The molecule has 2 aliphatic rings. The molecule has 0 bridgehead atoms. The second kappa shape index (κ2) is 7.06. The highest BCUT2D eigenvalue weighted by atomic mass is 16.7. The zero-order valence-electron chi connectivity index (χ0n) is 14.9. The average molecular weight is 343 g/mol. The van der Waals surface area contributed by atoms with E-state index in [9.17, 15) is 0 Å². The van der Waals surface area contributed by atoms with Crippen molar-refractivity contribution in [3.05, 3.63) is 41.2 Å². The van der Waals surface area contributed by atoms with Crippen LogP contribution in [0.5, 0.6) is 11.5 Å². The SMILES string of the molecule is CCOCC1CN(Cc2ccc3c(c2)OCO3)Cc2c1cnn2CC. The zero-order valence-corrected chi connectivity index (χ0v) is 14.9. The number of ether oxygens (including phenoxy) is 3. The molecule has 0 aliphatic carbocycles. The molecule has 0 N–H and O–H groups in total. The number of aromatic nitrogens is 2. The van der Waals surface area contributed by atoms with Crippen LogP contribution >= 0.6 is 0 Å². The Morgan fingerprint density at radius 3 is 2.96 bits per heavy atom. The minimum Gasteiger partial charge on any atom is -0.454 e. The average Bonchev–Trinajstić information content (AvgIpc) is 3.25. The van der Waals surface area contributed by atoms with E-state index in [1.165, 1.54) is 16.8 Å². The van der Waals surface area contributed by atoms with Gasteiger partial charge in [-0.3, -0.25) is 9.58 Å². The van der Waals surface area contributed by atoms with E-state index in [1.807, 2.05) is 19.2 Å². The number of aryl methyl sites for hydroxylation is 1. The fraction of sp³-hybridized carbons (Fsp3) is 0.526. The summed E-state index contributed by atoms with van der Waals surface area (Å²) in [7, 11) is 0. The summed E-state index contributed by atoms with van der Waals surface area (Å²) in [5.41, 5.74) is 3.90. The van der Waals surface area contributed by atoms with Crippen LogP contribution in [-0.2, 0) is 24.4 Å². The van der Waals surface area contributed by atoms with Gasteiger partial charge in [-0.1, -0.05) is 6.07 Å². The Morgan fingerprint density at radius 2 is 2.12 bits per heavy atom. The number of hydrogen-bond acceptors (Lipinski definition) is 5. The van der Waals surface area contributed by atoms with Crippen LogP contribution in [0.4, 0.5) is 0 Å². The highest BCUT2D eigenvalue weighted by Crippen LogP contribution is 2.34. The molecule has 1 aromatic carbocycles. The van der Waals surface area contributed by atoms with Crippen LogP contribution in [0.2, 0.25) is 0 Å². The van der Waals surface area contributed by atoms with Crippen molar-refractivity contribution >= 4 is 0 Å². The van der Waals surface area contributed by atoms with Gasteiger partial charge < -0.3 is 14.2 Å². The van der Waals surface area contributed by atoms with Crippen molar-refractivity contribution in [2.45, 2.75) is 39.4 Å². The van der Waals surface area contributed by atoms with Gasteiger partial charge in [-0.05, 0) is 31.5 Å². The fourth-order valence-corrected chi connectivity index (χ4v) is 3.72. The predicted molar refractivity (Wildman–Crippen MR) is 93.8 cm³/mol. The highest BCUT2D eigenvalue weighted by Gasteiger charge is 2.29. The molecule has 1 atom stereocenters. The molecule has 0 amide bonds. The summed E-state index contributed by atoms with van der Waals surface area (Å²) in [4.78, 5) is 2.47. The Balaban J connectivity index is 1.54. The van der Waals surface area contributed by atoms with Crippen molar-refractivity contribution in [2.75, 3.05) is 26.6 Å². The first-order valence-corrected chi connectivity index (χ1v) is 9.01. The summed E-state index contributed by atoms with van der Waals surface area (Å²) in [6, 6.07) is 6.21. The van der Waals surface area contributed by atoms with E-state index in [0.29, 0.717) is 12.7 Å². The number of hydrogen-bond donors (Lipinski definition) is 0. The van der Waals surface area contributed by atoms with Gasteiger partial charge in [-0.15, -0.1) is 0 Å². The van der Waals surface area contributed by atoms with Crippen LogP contribution in [0.1, 0.15) is 36.6 Å². The van der Waals surface area contributed by atoms with Gasteiger partial charge in [0.25, 0.3) is 0 Å². The molecule has 0 saturated heterocycles. The lowest BCUT2D eigenvalue weighted by Crippen LogP contribution is -2.35. The van der Waals surface area contributed by atoms with Crippen LogP contribution in [0, 0.1) is 0 Å². The first-order chi connectivity index (χ1) is 12.3. The van der Waals surface area contributed by atoms with E-state index < -0.39 is 0 Å². The van der Waals surface area contributed by atoms with Crippen molar-refractivity contribution < 1.29 is 14.2 Å². The van der Waals surface area contributed by atoms with Gasteiger partial charge in [0.1, 0.15) is 0 Å². The highest BCUT2D eigenvalue weighted by molar-refractivity contribution is 5.44. The Bertz CT molecular complexity index is 744. The minimum absolute atomic E-state index is 0.317. The van der Waals surface area contributed by atoms with E-state index in [0.717, 1.165) is 50.9 Å². The van der Waals surface area contributed by atoms with E-state index in [-0.39, 0.29) is 0 Å². The van der Waals surface area contributed by atoms with Gasteiger partial charge >= 0.3 is 0 Å². The van der Waals surface area contributed by atoms with Crippen molar-refractivity contribution in [2.24, 2.45) is 0 Å². The van der Waals surface area contributed by atoms with Gasteiger partial charge in [0.15, 0.2) is 11.5 Å². The second-order valence-electron chi connectivity index (χ2n) is 6.58. The summed E-state index contributed by atoms with van der Waals surface area (Å²) in [6.07, 6.45) is 2.03. The lowest BCUT2D eigenvalue weighted by molar-refractivity contribution is 0.104. The van der Waals surface area contributed by atoms with Crippen LogP contribution in [-0.4, -0.2) is 41.2 Å². The summed E-state index contributed by atoms with van der Waals surface area (Å²) in [5, 5.41) is 4.56. The number of rotatable bonds is 6. The molecule has 1 aromatic heterocycles. The lowest BCUT2D eigenvalue weighted by Gasteiger charge is -2.33. The van der Waals surface area contributed by atoms with Crippen LogP contribution in [0.15, 0.2) is 24.4 Å². The largest absolute Gasteiger partial charge is 0.454 e. The summed E-state index contributed by atoms with van der Waals surface area (Å²) in [5.74, 6) is 2.06. The molecule has 0 radical (unpaired) electrons. The Kier molecular flexibility index (Phi) is 4.63. The third-order valence-electron chi connectivity index (χ3n) is 4.94. The third kappa shape index (κ3) is 3.24. The zero-order chi connectivity index (χ0) is 17.2. The molecular formula is C19H25N3O3. The van der Waals surface area contributed by atoms with Crippen LogP contribution in [0.3, 0.4) is 0 Å². The summed E-state index contributed by atoms with van der Waals surface area (Å²) >= 11 is 0. The van der Waals surface area contributed by atoms with Gasteiger partial charge in [-0.2, -0.15) is 5.10 Å². The van der Waals surface area contributed by atoms with Crippen molar-refractivity contribution in [3.63, 3.8) is 0 Å². The Labute approximate surface area is 148 Å². The van der Waals surface area contributed by atoms with Crippen LogP contribution < -0.4 is 9.47 Å². The number of fused-ring (bicyclic) bond motifs is 2. The molecule has 134 valence electrons. The smallest absolute Gasteiger partial charge is 0.231 e. The topological polar surface area (TPSA) is 48.8 Å². The fourth-order valence-electron chi connectivity index (χ4n) is 3.72. The van der Waals surface area contributed by atoms with Gasteiger partial charge in [0, 0.05) is 44.3 Å². The molecule has 3 heterocycles. The quantitative estimate of drug-likeness (QED) is 0.807. The van der Waals surface area contributed by atoms with E-state index in [1.54, 1.807) is 0 Å². The maximum Gasteiger partial charge on any atom is 0.231 e. The van der Waals surface area contributed by atoms with Crippen molar-refractivity contribution in [1.82, 2.24) is 14.7 Å². The molecule has 2 aliphatic heterocycles. The summed E-state index contributed by atoms with van der Waals surface area (Å²) < 4.78 is 18.8. The third-order valence-corrected chi connectivity index (χ3v) is 4.94. The molecule has 1 unspecified atom stereocenters. The molecule has 6 heteroatoms. The molecule has 25 heavy (non-hydrogen) atoms. The monoisotopic (exact) mass is 343 g/mol. The molecule has 2 aromatic rings. The molecular weight excluding hydrogens is 318 g/mol. The second-order valence-corrected chi connectivity index (χ2v) is 6.58. The number of nitrogens with zero attached hydrogens (tertiary/aromatic N) is 3. The van der Waals surface area contributed by atoms with E-state index in [4.69, 9.17) is 14.2 Å². The molecule has 0 fully saturated rings. The lowest BCUT2D eigenvalue weighted by atomic mass is 9.95. The molecule has 4 rings (SSSR count). The molecule has 6 nitrogen and oxygen atoms in total. The maximum absolute atomic E-state index is 5.73.